The molecule has 1 aliphatic heterocycles. The van der Waals surface area contributed by atoms with Crippen LogP contribution < -0.4 is 5.32 Å². The van der Waals surface area contributed by atoms with Crippen LogP contribution in [0.25, 0.3) is 10.6 Å². The first kappa shape index (κ1) is 16.1. The number of aryl methyl sites for hydroxylation is 1. The maximum absolute atomic E-state index is 13.8. The zero-order chi connectivity index (χ0) is 16.6. The van der Waals surface area contributed by atoms with Crippen LogP contribution in [-0.4, -0.2) is 36.9 Å². The Morgan fingerprint density at radius 3 is 2.78 bits per heavy atom. The number of hydrogen-bond acceptors (Lipinski definition) is 5. The predicted octanol–water partition coefficient (Wildman–Crippen LogP) is 2.17. The highest BCUT2D eigenvalue weighted by Crippen LogP contribution is 2.29. The third-order valence-electron chi connectivity index (χ3n) is 3.68. The van der Waals surface area contributed by atoms with E-state index in [0.29, 0.717) is 21.9 Å². The standard InChI is InChI=1S/C15H15FN2O3S2/c1-9-13(14(19)17-10-6-7-23(20,21)8-10)18-15(22-9)11-4-2-3-5-12(11)16/h2-5,10H,6-8H2,1H3,(H,17,19)/t10-/m1/s1. The molecule has 1 amide bonds. The van der Waals surface area contributed by atoms with Gasteiger partial charge in [-0.2, -0.15) is 0 Å². The van der Waals surface area contributed by atoms with Crippen molar-refractivity contribution >= 4 is 27.1 Å². The summed E-state index contributed by atoms with van der Waals surface area (Å²) in [6, 6.07) is 5.87. The third kappa shape index (κ3) is 3.42. The number of hydrogen-bond donors (Lipinski definition) is 1. The van der Waals surface area contributed by atoms with Gasteiger partial charge in [0.15, 0.2) is 9.84 Å². The summed E-state index contributed by atoms with van der Waals surface area (Å²) >= 11 is 1.24. The highest BCUT2D eigenvalue weighted by atomic mass is 32.2. The average molecular weight is 354 g/mol. The van der Waals surface area contributed by atoms with Gasteiger partial charge >= 0.3 is 0 Å². The topological polar surface area (TPSA) is 76.1 Å². The summed E-state index contributed by atoms with van der Waals surface area (Å²) in [5.74, 6) is -0.755. The lowest BCUT2D eigenvalue weighted by atomic mass is 10.2. The first-order valence-corrected chi connectivity index (χ1v) is 9.73. The van der Waals surface area contributed by atoms with Crippen LogP contribution in [0.1, 0.15) is 21.8 Å². The van der Waals surface area contributed by atoms with E-state index in [1.807, 2.05) is 0 Å². The van der Waals surface area contributed by atoms with E-state index in [1.54, 1.807) is 25.1 Å². The fourth-order valence-corrected chi connectivity index (χ4v) is 5.13. The van der Waals surface area contributed by atoms with E-state index < -0.39 is 21.6 Å². The molecule has 0 aliphatic carbocycles. The van der Waals surface area contributed by atoms with Crippen molar-refractivity contribution in [1.29, 1.82) is 0 Å². The molecule has 1 fully saturated rings. The monoisotopic (exact) mass is 354 g/mol. The van der Waals surface area contributed by atoms with E-state index in [-0.39, 0.29) is 23.2 Å². The molecule has 0 radical (unpaired) electrons. The molecule has 1 N–H and O–H groups in total. The highest BCUT2D eigenvalue weighted by molar-refractivity contribution is 7.91. The lowest BCUT2D eigenvalue weighted by Crippen LogP contribution is -2.36. The van der Waals surface area contributed by atoms with Gasteiger partial charge in [0.2, 0.25) is 0 Å². The molecular weight excluding hydrogens is 339 g/mol. The van der Waals surface area contributed by atoms with E-state index in [0.717, 1.165) is 0 Å². The zero-order valence-corrected chi connectivity index (χ0v) is 14.0. The van der Waals surface area contributed by atoms with Crippen molar-refractivity contribution in [3.63, 3.8) is 0 Å². The number of aromatic nitrogens is 1. The highest BCUT2D eigenvalue weighted by Gasteiger charge is 2.30. The number of halogens is 1. The molecule has 23 heavy (non-hydrogen) atoms. The first-order chi connectivity index (χ1) is 10.9. The van der Waals surface area contributed by atoms with Crippen LogP contribution in [0.4, 0.5) is 4.39 Å². The van der Waals surface area contributed by atoms with E-state index in [4.69, 9.17) is 0 Å². The zero-order valence-electron chi connectivity index (χ0n) is 12.4. The van der Waals surface area contributed by atoms with E-state index >= 15 is 0 Å². The fourth-order valence-electron chi connectivity index (χ4n) is 2.52. The number of carbonyl (C=O) groups is 1. The fraction of sp³-hybridized carbons (Fsp3) is 0.333. The molecule has 122 valence electrons. The molecule has 1 aromatic carbocycles. The van der Waals surface area contributed by atoms with E-state index in [1.165, 1.54) is 17.4 Å². The smallest absolute Gasteiger partial charge is 0.271 e. The van der Waals surface area contributed by atoms with Gasteiger partial charge in [0.25, 0.3) is 5.91 Å². The lowest BCUT2D eigenvalue weighted by Gasteiger charge is -2.09. The summed E-state index contributed by atoms with van der Waals surface area (Å²) in [6.07, 6.45) is 0.414. The molecule has 5 nitrogen and oxygen atoms in total. The quantitative estimate of drug-likeness (QED) is 0.917. The van der Waals surface area contributed by atoms with Crippen LogP contribution in [0, 0.1) is 12.7 Å². The van der Waals surface area contributed by atoms with Crippen LogP contribution in [0.2, 0.25) is 0 Å². The van der Waals surface area contributed by atoms with E-state index in [2.05, 4.69) is 10.3 Å². The molecule has 0 unspecified atom stereocenters. The summed E-state index contributed by atoms with van der Waals surface area (Å²) in [7, 11) is -3.06. The lowest BCUT2D eigenvalue weighted by molar-refractivity contribution is 0.0936. The number of nitrogens with zero attached hydrogens (tertiary/aromatic N) is 1. The Bertz CT molecular complexity index is 861. The number of sulfone groups is 1. The third-order valence-corrected chi connectivity index (χ3v) is 6.46. The van der Waals surface area contributed by atoms with Crippen molar-refractivity contribution in [3.8, 4) is 10.6 Å². The Labute approximate surface area is 137 Å². The second-order valence-corrected chi connectivity index (χ2v) is 8.91. The summed E-state index contributed by atoms with van der Waals surface area (Å²) in [5.41, 5.74) is 0.570. The van der Waals surface area contributed by atoms with Crippen molar-refractivity contribution in [2.24, 2.45) is 0 Å². The second kappa shape index (κ2) is 6.01. The normalized spacial score (nSPS) is 19.7. The molecular formula is C15H15FN2O3S2. The molecule has 1 aromatic heterocycles. The molecule has 0 bridgehead atoms. The molecule has 1 saturated heterocycles. The van der Waals surface area contributed by atoms with Gasteiger partial charge in [0, 0.05) is 16.5 Å². The molecule has 0 saturated carbocycles. The Balaban J connectivity index is 1.81. The van der Waals surface area contributed by atoms with Crippen molar-refractivity contribution in [2.45, 2.75) is 19.4 Å². The molecule has 1 atom stereocenters. The van der Waals surface area contributed by atoms with E-state index in [9.17, 15) is 17.6 Å². The number of thiazole rings is 1. The maximum Gasteiger partial charge on any atom is 0.271 e. The van der Waals surface area contributed by atoms with Gasteiger partial charge in [-0.05, 0) is 25.5 Å². The molecule has 1 aliphatic rings. The Morgan fingerprint density at radius 1 is 1.39 bits per heavy atom. The maximum atomic E-state index is 13.8. The van der Waals surface area contributed by atoms with Crippen molar-refractivity contribution in [1.82, 2.24) is 10.3 Å². The van der Waals surface area contributed by atoms with Crippen LogP contribution in [0.3, 0.4) is 0 Å². The summed E-state index contributed by atoms with van der Waals surface area (Å²) < 4.78 is 36.7. The molecule has 8 heteroatoms. The Morgan fingerprint density at radius 2 is 2.13 bits per heavy atom. The summed E-state index contributed by atoms with van der Waals surface area (Å²) in [6.45, 7) is 1.74. The molecule has 0 spiro atoms. The Hall–Kier alpha value is -1.80. The van der Waals surface area contributed by atoms with Gasteiger partial charge in [0.1, 0.15) is 16.5 Å². The van der Waals surface area contributed by atoms with Gasteiger partial charge in [-0.15, -0.1) is 11.3 Å². The van der Waals surface area contributed by atoms with Crippen LogP contribution in [0.15, 0.2) is 24.3 Å². The minimum atomic E-state index is -3.06. The largest absolute Gasteiger partial charge is 0.347 e. The van der Waals surface area contributed by atoms with Crippen molar-refractivity contribution in [3.05, 3.63) is 40.7 Å². The molecule has 2 heterocycles. The number of nitrogens with one attached hydrogen (secondary N) is 1. The SMILES string of the molecule is Cc1sc(-c2ccccc2F)nc1C(=O)N[C@@H]1CCS(=O)(=O)C1. The predicted molar refractivity (Wildman–Crippen MR) is 86.8 cm³/mol. The summed E-state index contributed by atoms with van der Waals surface area (Å²) in [4.78, 5) is 17.2. The number of carbonyl (C=O) groups excluding carboxylic acids is 1. The average Bonchev–Trinajstić information content (AvgIpc) is 3.02. The minimum Gasteiger partial charge on any atom is -0.347 e. The van der Waals surface area contributed by atoms with Gasteiger partial charge in [0.05, 0.1) is 11.5 Å². The van der Waals surface area contributed by atoms with Crippen molar-refractivity contribution in [2.75, 3.05) is 11.5 Å². The second-order valence-electron chi connectivity index (χ2n) is 5.48. The first-order valence-electron chi connectivity index (χ1n) is 7.09. The molecule has 2 aromatic rings. The van der Waals surface area contributed by atoms with Crippen LogP contribution in [0.5, 0.6) is 0 Å². The number of amides is 1. The molecule has 3 rings (SSSR count). The van der Waals surface area contributed by atoms with Crippen LogP contribution in [-0.2, 0) is 9.84 Å². The van der Waals surface area contributed by atoms with Gasteiger partial charge in [-0.25, -0.2) is 17.8 Å². The van der Waals surface area contributed by atoms with Crippen LogP contribution >= 0.6 is 11.3 Å². The minimum absolute atomic E-state index is 0.0396. The van der Waals surface area contributed by atoms with Crippen molar-refractivity contribution < 1.29 is 17.6 Å². The number of rotatable bonds is 3. The van der Waals surface area contributed by atoms with Gasteiger partial charge < -0.3 is 5.32 Å². The summed E-state index contributed by atoms with van der Waals surface area (Å²) in [5, 5.41) is 3.14. The van der Waals surface area contributed by atoms with Gasteiger partial charge in [-0.3, -0.25) is 4.79 Å². The van der Waals surface area contributed by atoms with Gasteiger partial charge in [-0.1, -0.05) is 12.1 Å². The number of benzene rings is 1. The Kier molecular flexibility index (Phi) is 4.20.